The van der Waals surface area contributed by atoms with Crippen molar-refractivity contribution in [3.8, 4) is 0 Å². The van der Waals surface area contributed by atoms with Crippen molar-refractivity contribution in [2.45, 2.75) is 11.1 Å². The number of carbonyl (C=O) groups excluding carboxylic acids is 2. The maximum atomic E-state index is 12.3. The van der Waals surface area contributed by atoms with E-state index in [4.69, 9.17) is 17.3 Å². The van der Waals surface area contributed by atoms with Gasteiger partial charge in [0.15, 0.2) is 21.8 Å². The van der Waals surface area contributed by atoms with E-state index in [1.807, 2.05) is 0 Å². The molecular formula is C19H18ClN5O5S. The lowest BCUT2D eigenvalue weighted by atomic mass is 10.2. The average Bonchev–Trinajstić information content (AvgIpc) is 3.19. The van der Waals surface area contributed by atoms with Crippen molar-refractivity contribution in [1.82, 2.24) is 9.97 Å². The molecule has 3 aromatic rings. The van der Waals surface area contributed by atoms with Crippen LogP contribution in [0.1, 0.15) is 32.8 Å². The zero-order chi connectivity index (χ0) is 22.8. The molecule has 2 amide bonds. The lowest BCUT2D eigenvalue weighted by Crippen LogP contribution is -2.20. The number of primary amides is 1. The number of hydrogen-bond donors (Lipinski definition) is 5. The molecule has 162 valence electrons. The molecule has 0 fully saturated rings. The van der Waals surface area contributed by atoms with Crippen LogP contribution in [0.4, 0.5) is 11.4 Å². The quantitative estimate of drug-likeness (QED) is 0.333. The number of aliphatic hydroxyl groups excluding tert-OH is 1. The number of H-pyrrole nitrogens is 1. The Morgan fingerprint density at radius 1 is 1.16 bits per heavy atom. The van der Waals surface area contributed by atoms with Crippen molar-refractivity contribution in [2.24, 2.45) is 5.73 Å². The number of aromatic nitrogens is 2. The Hall–Kier alpha value is -3.41. The molecule has 12 heteroatoms. The molecule has 0 aliphatic carbocycles. The molecule has 0 aliphatic heterocycles. The molecule has 1 aromatic heterocycles. The summed E-state index contributed by atoms with van der Waals surface area (Å²) >= 11 is 6.11. The number of sulfone groups is 1. The van der Waals surface area contributed by atoms with Crippen LogP contribution in [0.3, 0.4) is 0 Å². The van der Waals surface area contributed by atoms with Crippen LogP contribution in [0.5, 0.6) is 0 Å². The smallest absolute Gasteiger partial charge is 0.274 e. The third kappa shape index (κ3) is 5.20. The number of halogens is 1. The van der Waals surface area contributed by atoms with E-state index >= 15 is 0 Å². The van der Waals surface area contributed by atoms with E-state index in [9.17, 15) is 23.1 Å². The van der Waals surface area contributed by atoms with Gasteiger partial charge in [0.25, 0.3) is 11.8 Å². The number of imidazole rings is 1. The standard InChI is InChI=1S/C19H18ClN5O5S/c1-31(29,30)12-6-7-13(14(20)8-12)18(27)24-10-2-4-11(5-3-10)25-19(28)16-15(17(21)26)22-9-23-16/h2-9,18,24,27H,1H3,(H2,21,26)(H,22,23)(H,25,28). The number of benzene rings is 2. The van der Waals surface area contributed by atoms with Crippen molar-refractivity contribution in [3.63, 3.8) is 0 Å². The fraction of sp³-hybridized carbons (Fsp3) is 0.105. The maximum absolute atomic E-state index is 12.3. The summed E-state index contributed by atoms with van der Waals surface area (Å²) in [6.45, 7) is 0. The van der Waals surface area contributed by atoms with Gasteiger partial charge < -0.3 is 26.5 Å². The van der Waals surface area contributed by atoms with E-state index in [1.165, 1.54) is 24.5 Å². The molecule has 0 saturated heterocycles. The van der Waals surface area contributed by atoms with Gasteiger partial charge in [-0.1, -0.05) is 17.7 Å². The molecule has 10 nitrogen and oxygen atoms in total. The van der Waals surface area contributed by atoms with Gasteiger partial charge in [-0.05, 0) is 36.4 Å². The van der Waals surface area contributed by atoms with Crippen molar-refractivity contribution in [3.05, 3.63) is 70.8 Å². The van der Waals surface area contributed by atoms with Gasteiger partial charge in [-0.3, -0.25) is 9.59 Å². The maximum Gasteiger partial charge on any atom is 0.274 e. The second kappa shape index (κ2) is 8.76. The second-order valence-electron chi connectivity index (χ2n) is 6.52. The van der Waals surface area contributed by atoms with Crippen molar-refractivity contribution < 1.29 is 23.1 Å². The molecule has 2 aromatic carbocycles. The molecule has 6 N–H and O–H groups in total. The zero-order valence-corrected chi connectivity index (χ0v) is 17.7. The first-order valence-electron chi connectivity index (χ1n) is 8.75. The van der Waals surface area contributed by atoms with Crippen molar-refractivity contribution in [1.29, 1.82) is 0 Å². The van der Waals surface area contributed by atoms with Crippen LogP contribution < -0.4 is 16.4 Å². The number of rotatable bonds is 7. The monoisotopic (exact) mass is 463 g/mol. The highest BCUT2D eigenvalue weighted by Crippen LogP contribution is 2.27. The normalized spacial score (nSPS) is 12.2. The third-order valence-electron chi connectivity index (χ3n) is 4.24. The van der Waals surface area contributed by atoms with Gasteiger partial charge in [-0.2, -0.15) is 0 Å². The van der Waals surface area contributed by atoms with Gasteiger partial charge in [0.05, 0.1) is 11.2 Å². The van der Waals surface area contributed by atoms with Crippen molar-refractivity contribution in [2.75, 3.05) is 16.9 Å². The molecule has 0 aliphatic rings. The lowest BCUT2D eigenvalue weighted by molar-refractivity contribution is 0.0972. The van der Waals surface area contributed by atoms with E-state index < -0.39 is 27.9 Å². The van der Waals surface area contributed by atoms with E-state index in [2.05, 4.69) is 20.6 Å². The Labute approximate surface area is 182 Å². The Bertz CT molecular complexity index is 1240. The molecule has 0 radical (unpaired) electrons. The van der Waals surface area contributed by atoms with Crippen LogP contribution >= 0.6 is 11.6 Å². The van der Waals surface area contributed by atoms with Gasteiger partial charge in [0, 0.05) is 28.2 Å². The number of carbonyl (C=O) groups is 2. The summed E-state index contributed by atoms with van der Waals surface area (Å²) in [5.74, 6) is -1.42. The van der Waals surface area contributed by atoms with Gasteiger partial charge in [0.1, 0.15) is 5.69 Å². The number of aromatic amines is 1. The molecular weight excluding hydrogens is 446 g/mol. The zero-order valence-electron chi connectivity index (χ0n) is 16.1. The molecule has 1 unspecified atom stereocenters. The van der Waals surface area contributed by atoms with Gasteiger partial charge >= 0.3 is 0 Å². The largest absolute Gasteiger partial charge is 0.369 e. The minimum atomic E-state index is -3.42. The van der Waals surface area contributed by atoms with E-state index in [0.29, 0.717) is 16.9 Å². The number of amides is 2. The molecule has 31 heavy (non-hydrogen) atoms. The van der Waals surface area contributed by atoms with Gasteiger partial charge in [0.2, 0.25) is 0 Å². The van der Waals surface area contributed by atoms with E-state index in [-0.39, 0.29) is 21.3 Å². The number of aliphatic hydroxyl groups is 1. The number of hydrogen-bond acceptors (Lipinski definition) is 7. The summed E-state index contributed by atoms with van der Waals surface area (Å²) in [4.78, 5) is 29.9. The highest BCUT2D eigenvalue weighted by atomic mass is 35.5. The summed E-state index contributed by atoms with van der Waals surface area (Å²) in [6, 6.07) is 10.4. The number of nitrogens with zero attached hydrogens (tertiary/aromatic N) is 1. The Kier molecular flexibility index (Phi) is 6.29. The first-order chi connectivity index (χ1) is 14.6. The minimum Gasteiger partial charge on any atom is -0.369 e. The average molecular weight is 464 g/mol. The predicted molar refractivity (Wildman–Crippen MR) is 115 cm³/mol. The summed E-state index contributed by atoms with van der Waals surface area (Å²) in [5.41, 5.74) is 6.17. The summed E-state index contributed by atoms with van der Waals surface area (Å²) < 4.78 is 23.2. The second-order valence-corrected chi connectivity index (χ2v) is 8.95. The fourth-order valence-corrected chi connectivity index (χ4v) is 3.69. The van der Waals surface area contributed by atoms with Crippen LogP contribution in [0, 0.1) is 0 Å². The Balaban J connectivity index is 1.68. The topological polar surface area (TPSA) is 167 Å². The van der Waals surface area contributed by atoms with E-state index in [0.717, 1.165) is 6.26 Å². The highest BCUT2D eigenvalue weighted by molar-refractivity contribution is 7.90. The van der Waals surface area contributed by atoms with Crippen LogP contribution in [0.25, 0.3) is 0 Å². The first kappa shape index (κ1) is 22.3. The van der Waals surface area contributed by atoms with Crippen molar-refractivity contribution >= 4 is 44.6 Å². The van der Waals surface area contributed by atoms with Crippen LogP contribution in [-0.2, 0) is 9.84 Å². The fourth-order valence-electron chi connectivity index (χ4n) is 2.69. The van der Waals surface area contributed by atoms with Crippen LogP contribution in [-0.4, -0.2) is 41.6 Å². The van der Waals surface area contributed by atoms with Crippen LogP contribution in [0.15, 0.2) is 53.7 Å². The first-order valence-corrected chi connectivity index (χ1v) is 11.0. The predicted octanol–water partition coefficient (Wildman–Crippen LogP) is 1.92. The summed E-state index contributed by atoms with van der Waals surface area (Å²) in [6.07, 6.45) is 1.05. The Morgan fingerprint density at radius 3 is 2.39 bits per heavy atom. The number of nitrogens with one attached hydrogen (secondary N) is 3. The highest BCUT2D eigenvalue weighted by Gasteiger charge is 2.19. The molecule has 0 saturated carbocycles. The molecule has 1 atom stereocenters. The Morgan fingerprint density at radius 2 is 1.81 bits per heavy atom. The van der Waals surface area contributed by atoms with Gasteiger partial charge in [-0.25, -0.2) is 13.4 Å². The van der Waals surface area contributed by atoms with E-state index in [1.54, 1.807) is 24.3 Å². The van der Waals surface area contributed by atoms with Gasteiger partial charge in [-0.15, -0.1) is 0 Å². The molecule has 0 spiro atoms. The number of anilines is 2. The summed E-state index contributed by atoms with van der Waals surface area (Å²) in [5, 5.41) is 15.9. The van der Waals surface area contributed by atoms with Crippen LogP contribution in [0.2, 0.25) is 5.02 Å². The molecule has 1 heterocycles. The molecule has 0 bridgehead atoms. The molecule has 3 rings (SSSR count). The lowest BCUT2D eigenvalue weighted by Gasteiger charge is -2.17. The number of nitrogens with two attached hydrogens (primary N) is 1. The SMILES string of the molecule is CS(=O)(=O)c1ccc(C(O)Nc2ccc(NC(=O)c3[nH]cnc3C(N)=O)cc2)c(Cl)c1. The minimum absolute atomic E-state index is 0.0466. The summed E-state index contributed by atoms with van der Waals surface area (Å²) in [7, 11) is -3.42. The third-order valence-corrected chi connectivity index (χ3v) is 5.68.